The maximum absolute atomic E-state index is 7.63. The van der Waals surface area contributed by atoms with Crippen molar-refractivity contribution in [3.63, 3.8) is 0 Å². The molecule has 0 radical (unpaired) electrons. The van der Waals surface area contributed by atoms with Gasteiger partial charge in [-0.25, -0.2) is 19.9 Å². The smallest absolute Gasteiger partial charge is 0.138 e. The van der Waals surface area contributed by atoms with Gasteiger partial charge in [-0.15, -0.1) is 0 Å². The molecule has 0 saturated heterocycles. The summed E-state index contributed by atoms with van der Waals surface area (Å²) in [6, 6.07) is 53.8. The number of nitrogen functional groups attached to an aromatic ring is 2. The number of imidazole rings is 4. The third-order valence-corrected chi connectivity index (χ3v) is 14.3. The molecule has 12 aromatic rings. The van der Waals surface area contributed by atoms with Crippen molar-refractivity contribution in [1.29, 1.82) is 10.8 Å². The minimum absolute atomic E-state index is 0.0249. The average Bonchev–Trinajstić information content (AvgIpc) is 3.21. The fraction of sp³-hybridized carbons (Fsp3) is 0.134. The first-order valence-electron chi connectivity index (χ1n) is 28.0. The first-order valence-corrected chi connectivity index (χ1v) is 28.0. The summed E-state index contributed by atoms with van der Waals surface area (Å²) >= 11 is 0. The molecule has 12 rings (SSSR count). The zero-order chi connectivity index (χ0) is 60.4. The summed E-state index contributed by atoms with van der Waals surface area (Å²) in [5.41, 5.74) is 37.7. The van der Waals surface area contributed by atoms with Gasteiger partial charge in [0.25, 0.3) is 0 Å². The highest BCUT2D eigenvalue weighted by Gasteiger charge is 2.13. The predicted molar refractivity (Wildman–Crippen MR) is 345 cm³/mol. The summed E-state index contributed by atoms with van der Waals surface area (Å²) in [6.07, 6.45) is 0. The number of fused-ring (bicyclic) bond motifs is 4. The van der Waals surface area contributed by atoms with Crippen LogP contribution in [0.3, 0.4) is 0 Å². The van der Waals surface area contributed by atoms with Gasteiger partial charge in [0.1, 0.15) is 84.4 Å². The number of ether oxygens (including phenoxy) is 5. The van der Waals surface area contributed by atoms with Gasteiger partial charge in [-0.2, -0.15) is 0 Å². The maximum atomic E-state index is 7.63. The molecule has 20 heteroatoms. The summed E-state index contributed by atoms with van der Waals surface area (Å²) in [5.74, 6) is 6.22. The van der Waals surface area contributed by atoms with Gasteiger partial charge in [0.05, 0.1) is 57.3 Å². The second-order valence-corrected chi connectivity index (χ2v) is 20.6. The van der Waals surface area contributed by atoms with Gasteiger partial charge < -0.3 is 66.6 Å². The lowest BCUT2D eigenvalue weighted by Crippen LogP contribution is -2.28. The number of H-pyrrole nitrogens is 4. The molecule has 14 N–H and O–H groups in total. The summed E-state index contributed by atoms with van der Waals surface area (Å²) in [4.78, 5) is 34.1. The molecule has 0 saturated carbocycles. The number of nitrogens with two attached hydrogens (primary N) is 4. The highest BCUT2D eigenvalue weighted by atomic mass is 16.5. The largest absolute Gasteiger partial charge is 0.492 e. The van der Waals surface area contributed by atoms with Crippen LogP contribution < -0.4 is 41.9 Å². The third-order valence-electron chi connectivity index (χ3n) is 14.3. The van der Waals surface area contributed by atoms with E-state index in [9.17, 15) is 0 Å². The van der Waals surface area contributed by atoms with Gasteiger partial charge >= 0.3 is 0 Å². The molecule has 0 aliphatic carbocycles. The van der Waals surface area contributed by atoms with Crippen LogP contribution in [-0.4, -0.2) is 116 Å². The van der Waals surface area contributed by atoms with Gasteiger partial charge in [-0.05, 0) is 176 Å². The van der Waals surface area contributed by atoms with E-state index in [-0.39, 0.29) is 11.7 Å². The van der Waals surface area contributed by atoms with E-state index in [1.54, 1.807) is 12.1 Å². The molecule has 4 heterocycles. The van der Waals surface area contributed by atoms with Crippen LogP contribution in [0.1, 0.15) is 22.3 Å². The maximum Gasteiger partial charge on any atom is 0.138 e. The van der Waals surface area contributed by atoms with Crippen molar-refractivity contribution < 1.29 is 23.7 Å². The van der Waals surface area contributed by atoms with Crippen LogP contribution in [0.5, 0.6) is 23.0 Å². The Morgan fingerprint density at radius 2 is 0.644 bits per heavy atom. The Hall–Kier alpha value is -11.2. The van der Waals surface area contributed by atoms with Gasteiger partial charge in [0, 0.05) is 57.9 Å². The Kier molecular flexibility index (Phi) is 17.3. The van der Waals surface area contributed by atoms with E-state index in [1.165, 1.54) is 0 Å². The van der Waals surface area contributed by atoms with Gasteiger partial charge in [0.15, 0.2) is 0 Å². The molecule has 0 atom stereocenters. The Bertz CT molecular complexity index is 4130. The number of rotatable bonds is 24. The zero-order valence-electron chi connectivity index (χ0n) is 47.8. The fourth-order valence-corrected chi connectivity index (χ4v) is 9.45. The molecule has 438 valence electrons. The van der Waals surface area contributed by atoms with Crippen LogP contribution in [-0.2, 0) is 4.74 Å². The van der Waals surface area contributed by atoms with Gasteiger partial charge in [0.2, 0.25) is 0 Å². The quantitative estimate of drug-likeness (QED) is 0.0153. The molecule has 20 nitrogen and oxygen atoms in total. The van der Waals surface area contributed by atoms with E-state index in [1.807, 2.05) is 165 Å². The SMILES string of the molecule is C=C(N)c1ccc2nc(-c3ccc(OCCN(C)CCOc4ccc(-c5nc6ccc(C(=N)N)cc6[nH]5)cc4)cc3)[nH]c2c1.C=C(N)c1ccc2nc(-c3ccc(OCCOCCOc4ccc(-c5nc6ccc(C(=N)N)cc6[nH]5)cc4)cc3)[nH]c2c1. The molecule has 87 heavy (non-hydrogen) atoms. The molecule has 0 fully saturated rings. The van der Waals surface area contributed by atoms with Crippen molar-refractivity contribution >= 4 is 67.2 Å². The zero-order valence-corrected chi connectivity index (χ0v) is 47.8. The molecule has 0 aliphatic heterocycles. The lowest BCUT2D eigenvalue weighted by Gasteiger charge is -2.17. The first kappa shape index (κ1) is 57.6. The Morgan fingerprint density at radius 3 is 0.920 bits per heavy atom. The van der Waals surface area contributed by atoms with Crippen molar-refractivity contribution in [3.05, 3.63) is 205 Å². The van der Waals surface area contributed by atoms with E-state index in [0.717, 1.165) is 137 Å². The second-order valence-electron chi connectivity index (χ2n) is 20.6. The highest BCUT2D eigenvalue weighted by Crippen LogP contribution is 2.29. The molecular formula is C67H65N15O5. The first-order chi connectivity index (χ1) is 42.2. The molecule has 4 aromatic heterocycles. The molecule has 0 aliphatic rings. The van der Waals surface area contributed by atoms with Crippen molar-refractivity contribution in [1.82, 2.24) is 44.8 Å². The lowest BCUT2D eigenvalue weighted by atomic mass is 10.1. The summed E-state index contributed by atoms with van der Waals surface area (Å²) < 4.78 is 29.2. The van der Waals surface area contributed by atoms with Gasteiger partial charge in [-0.1, -0.05) is 25.3 Å². The number of hydrogen-bond acceptors (Lipinski definition) is 14. The Labute approximate surface area is 500 Å². The van der Waals surface area contributed by atoms with Crippen molar-refractivity contribution in [2.45, 2.75) is 0 Å². The second kappa shape index (κ2) is 26.1. The monoisotopic (exact) mass is 1160 g/mol. The van der Waals surface area contributed by atoms with E-state index in [2.05, 4.69) is 57.9 Å². The summed E-state index contributed by atoms with van der Waals surface area (Å²) in [7, 11) is 2.05. The van der Waals surface area contributed by atoms with Crippen LogP contribution >= 0.6 is 0 Å². The van der Waals surface area contributed by atoms with E-state index in [4.69, 9.17) is 57.4 Å². The number of benzene rings is 8. The highest BCUT2D eigenvalue weighted by molar-refractivity contribution is 5.99. The van der Waals surface area contributed by atoms with E-state index >= 15 is 0 Å². The van der Waals surface area contributed by atoms with Crippen molar-refractivity contribution in [3.8, 4) is 68.5 Å². The lowest BCUT2D eigenvalue weighted by molar-refractivity contribution is 0.0764. The molecule has 0 unspecified atom stereocenters. The summed E-state index contributed by atoms with van der Waals surface area (Å²) in [5, 5.41) is 15.2. The minimum atomic E-state index is 0.0249. The minimum Gasteiger partial charge on any atom is -0.492 e. The number of amidine groups is 2. The van der Waals surface area contributed by atoms with E-state index < -0.39 is 0 Å². The standard InChI is InChI=1S/C34H34N8O2.C33H31N7O3/c1-21(35)24-7-13-28-30(19-24)40-33(38-28)22-3-9-26(10-4-22)43-17-15-42(2)16-18-44-27-11-5-23(6-12-27)34-39-29-14-8-25(32(36)37)20-31(29)41-34;1-20(34)23-6-12-27-29(18-23)39-32(37-27)21-2-8-25(9-3-21)42-16-14-41-15-17-43-26-10-4-22(5-11-26)33-38-28-13-7-24(31(35)36)19-30(28)40-33/h3-14,19-20H,1,15-18,35H2,2H3,(H3,36,37)(H,38,40)(H,39,41);2-13,18-19H,1,14-17,34H2,(H3,35,36)(H,37,39)(H,38,40). The van der Waals surface area contributed by atoms with Crippen LogP contribution in [0.15, 0.2) is 183 Å². The fourth-order valence-electron chi connectivity index (χ4n) is 9.45. The molecular weight excluding hydrogens is 1090 g/mol. The Balaban J connectivity index is 0.000000180. The predicted octanol–water partition coefficient (Wildman–Crippen LogP) is 10.8. The summed E-state index contributed by atoms with van der Waals surface area (Å²) in [6.45, 7) is 12.0. The number of aromatic amines is 4. The number of hydrogen-bond donors (Lipinski definition) is 10. The average molecular weight is 1160 g/mol. The van der Waals surface area contributed by atoms with Crippen LogP contribution in [0.2, 0.25) is 0 Å². The molecule has 0 spiro atoms. The molecule has 8 aromatic carbocycles. The molecule has 0 bridgehead atoms. The van der Waals surface area contributed by atoms with Crippen molar-refractivity contribution in [2.24, 2.45) is 22.9 Å². The van der Waals surface area contributed by atoms with E-state index in [0.29, 0.717) is 62.2 Å². The van der Waals surface area contributed by atoms with Crippen LogP contribution in [0, 0.1) is 10.8 Å². The number of nitrogens with zero attached hydrogens (tertiary/aromatic N) is 5. The Morgan fingerprint density at radius 1 is 0.379 bits per heavy atom. The van der Waals surface area contributed by atoms with Crippen LogP contribution in [0.25, 0.3) is 101 Å². The van der Waals surface area contributed by atoms with Crippen molar-refractivity contribution in [2.75, 3.05) is 59.8 Å². The topological polar surface area (TPSA) is 316 Å². The van der Waals surface area contributed by atoms with Gasteiger partial charge in [-0.3, -0.25) is 15.7 Å². The third kappa shape index (κ3) is 14.2. The normalized spacial score (nSPS) is 11.2. The number of likely N-dealkylation sites (N-methyl/N-ethyl adjacent to an activating group) is 1. The number of aromatic nitrogens is 8. The number of nitrogens with one attached hydrogen (secondary N) is 6. The molecule has 0 amide bonds. The van der Waals surface area contributed by atoms with Crippen LogP contribution in [0.4, 0.5) is 0 Å².